The molecule has 0 saturated heterocycles. The van der Waals surface area contributed by atoms with Crippen molar-refractivity contribution in [1.29, 1.82) is 0 Å². The summed E-state index contributed by atoms with van der Waals surface area (Å²) < 4.78 is 5.15. The lowest BCUT2D eigenvalue weighted by Gasteiger charge is -2.12. The van der Waals surface area contributed by atoms with Gasteiger partial charge in [0.25, 0.3) is 0 Å². The van der Waals surface area contributed by atoms with Crippen LogP contribution in [0, 0.1) is 0 Å². The van der Waals surface area contributed by atoms with Gasteiger partial charge in [-0.25, -0.2) is 0 Å². The molecule has 0 aromatic heterocycles. The summed E-state index contributed by atoms with van der Waals surface area (Å²) in [6.07, 6.45) is 0.244. The van der Waals surface area contributed by atoms with E-state index < -0.39 is 0 Å². The highest BCUT2D eigenvalue weighted by Gasteiger charge is 2.00. The van der Waals surface area contributed by atoms with E-state index in [4.69, 9.17) is 4.74 Å². The van der Waals surface area contributed by atoms with Gasteiger partial charge in [0.1, 0.15) is 0 Å². The Balaban J connectivity index is 2.31. The lowest BCUT2D eigenvalue weighted by molar-refractivity contribution is 0.118. The molecule has 1 atom stereocenters. The smallest absolute Gasteiger partial charge is 0.0667 e. The predicted molar refractivity (Wildman–Crippen MR) is 64.8 cm³/mol. The summed E-state index contributed by atoms with van der Waals surface area (Å²) in [5.41, 5.74) is 2.30. The van der Waals surface area contributed by atoms with Crippen molar-refractivity contribution in [3.63, 3.8) is 0 Å². The highest BCUT2D eigenvalue weighted by Crippen LogP contribution is 2.09. The molecule has 15 heavy (non-hydrogen) atoms. The van der Waals surface area contributed by atoms with Crippen LogP contribution in [0.2, 0.25) is 0 Å². The second kappa shape index (κ2) is 6.38. The van der Waals surface area contributed by atoms with Crippen molar-refractivity contribution in [1.82, 2.24) is 5.32 Å². The molecule has 0 aliphatic heterocycles. The van der Waals surface area contributed by atoms with E-state index in [1.807, 2.05) is 25.1 Å². The topological polar surface area (TPSA) is 21.3 Å². The fourth-order valence-corrected chi connectivity index (χ4v) is 1.29. The molecule has 0 radical (unpaired) electrons. The van der Waals surface area contributed by atoms with Gasteiger partial charge in [-0.3, -0.25) is 0 Å². The highest BCUT2D eigenvalue weighted by atomic mass is 16.5. The molecule has 1 aromatic rings. The van der Waals surface area contributed by atoms with Crippen LogP contribution in [0.15, 0.2) is 36.9 Å². The van der Waals surface area contributed by atoms with Gasteiger partial charge in [-0.2, -0.15) is 0 Å². The van der Waals surface area contributed by atoms with E-state index in [1.165, 1.54) is 5.56 Å². The van der Waals surface area contributed by atoms with Gasteiger partial charge >= 0.3 is 0 Å². The Morgan fingerprint density at radius 1 is 1.40 bits per heavy atom. The standard InChI is InChI=1S/C13H19NO/c1-11(9-14-10-12(2)15-3)13-7-5-4-6-8-13/h4-8,12,14H,1,9-10H2,2-3H3. The van der Waals surface area contributed by atoms with Crippen LogP contribution in [0.1, 0.15) is 12.5 Å². The summed E-state index contributed by atoms with van der Waals surface area (Å²) >= 11 is 0. The zero-order chi connectivity index (χ0) is 11.1. The van der Waals surface area contributed by atoms with Gasteiger partial charge in [0.05, 0.1) is 6.10 Å². The second-order valence-electron chi connectivity index (χ2n) is 3.65. The number of methoxy groups -OCH3 is 1. The largest absolute Gasteiger partial charge is 0.380 e. The third-order valence-corrected chi connectivity index (χ3v) is 2.35. The maximum absolute atomic E-state index is 5.15. The number of nitrogens with one attached hydrogen (secondary N) is 1. The molecule has 1 unspecified atom stereocenters. The third kappa shape index (κ3) is 4.28. The Kier molecular flexibility index (Phi) is 5.08. The Morgan fingerprint density at radius 3 is 2.67 bits per heavy atom. The molecule has 0 aliphatic rings. The first-order chi connectivity index (χ1) is 7.24. The SMILES string of the molecule is C=C(CNCC(C)OC)c1ccccc1. The van der Waals surface area contributed by atoms with Gasteiger partial charge in [-0.15, -0.1) is 0 Å². The van der Waals surface area contributed by atoms with Gasteiger partial charge < -0.3 is 10.1 Å². The van der Waals surface area contributed by atoms with Crippen molar-refractivity contribution in [2.24, 2.45) is 0 Å². The molecule has 2 heteroatoms. The summed E-state index contributed by atoms with van der Waals surface area (Å²) in [5.74, 6) is 0. The molecule has 0 saturated carbocycles. The number of hydrogen-bond donors (Lipinski definition) is 1. The monoisotopic (exact) mass is 205 g/mol. The number of ether oxygens (including phenoxy) is 1. The van der Waals surface area contributed by atoms with Crippen LogP contribution in [0.25, 0.3) is 5.57 Å². The minimum atomic E-state index is 0.244. The highest BCUT2D eigenvalue weighted by molar-refractivity contribution is 5.64. The van der Waals surface area contributed by atoms with Crippen LogP contribution in [-0.4, -0.2) is 26.3 Å². The Labute approximate surface area is 92.0 Å². The molecule has 0 fully saturated rings. The van der Waals surface area contributed by atoms with Crippen LogP contribution in [0.5, 0.6) is 0 Å². The lowest BCUT2D eigenvalue weighted by Crippen LogP contribution is -2.27. The first kappa shape index (κ1) is 12.0. The molecule has 0 aliphatic carbocycles. The fraction of sp³-hybridized carbons (Fsp3) is 0.385. The van der Waals surface area contributed by atoms with Gasteiger partial charge in [0.2, 0.25) is 0 Å². The van der Waals surface area contributed by atoms with Gasteiger partial charge in [-0.05, 0) is 18.1 Å². The third-order valence-electron chi connectivity index (χ3n) is 2.35. The number of rotatable bonds is 6. The summed E-state index contributed by atoms with van der Waals surface area (Å²) in [6, 6.07) is 10.2. The first-order valence-corrected chi connectivity index (χ1v) is 5.20. The zero-order valence-electron chi connectivity index (χ0n) is 9.49. The van der Waals surface area contributed by atoms with Crippen molar-refractivity contribution in [2.45, 2.75) is 13.0 Å². The molecule has 1 aromatic carbocycles. The fourth-order valence-electron chi connectivity index (χ4n) is 1.29. The van der Waals surface area contributed by atoms with E-state index in [2.05, 4.69) is 24.0 Å². The maximum Gasteiger partial charge on any atom is 0.0667 e. The van der Waals surface area contributed by atoms with Gasteiger partial charge in [-0.1, -0.05) is 36.9 Å². The quantitative estimate of drug-likeness (QED) is 0.769. The summed E-state index contributed by atoms with van der Waals surface area (Å²) in [4.78, 5) is 0. The molecular formula is C13H19NO. The molecular weight excluding hydrogens is 186 g/mol. The van der Waals surface area contributed by atoms with Crippen molar-refractivity contribution >= 4 is 5.57 Å². The van der Waals surface area contributed by atoms with Crippen molar-refractivity contribution in [3.05, 3.63) is 42.5 Å². The van der Waals surface area contributed by atoms with Crippen LogP contribution in [0.3, 0.4) is 0 Å². The van der Waals surface area contributed by atoms with Crippen molar-refractivity contribution in [2.75, 3.05) is 20.2 Å². The second-order valence-corrected chi connectivity index (χ2v) is 3.65. The van der Waals surface area contributed by atoms with Crippen LogP contribution in [-0.2, 0) is 4.74 Å². The normalized spacial score (nSPS) is 12.4. The van der Waals surface area contributed by atoms with E-state index in [1.54, 1.807) is 7.11 Å². The van der Waals surface area contributed by atoms with Crippen molar-refractivity contribution < 1.29 is 4.74 Å². The van der Waals surface area contributed by atoms with Gasteiger partial charge in [0, 0.05) is 20.2 Å². The maximum atomic E-state index is 5.15. The minimum absolute atomic E-state index is 0.244. The van der Waals surface area contributed by atoms with E-state index in [-0.39, 0.29) is 6.10 Å². The molecule has 1 N–H and O–H groups in total. The van der Waals surface area contributed by atoms with E-state index in [0.717, 1.165) is 18.7 Å². The van der Waals surface area contributed by atoms with Gasteiger partial charge in [0.15, 0.2) is 0 Å². The number of hydrogen-bond acceptors (Lipinski definition) is 2. The predicted octanol–water partition coefficient (Wildman–Crippen LogP) is 2.32. The Bertz CT molecular complexity index is 295. The van der Waals surface area contributed by atoms with Crippen LogP contribution in [0.4, 0.5) is 0 Å². The van der Waals surface area contributed by atoms with E-state index in [0.29, 0.717) is 0 Å². The Morgan fingerprint density at radius 2 is 2.07 bits per heavy atom. The Hall–Kier alpha value is -1.12. The summed E-state index contributed by atoms with van der Waals surface area (Å²) in [6.45, 7) is 7.74. The van der Waals surface area contributed by atoms with Crippen LogP contribution >= 0.6 is 0 Å². The molecule has 0 bridgehead atoms. The average molecular weight is 205 g/mol. The molecule has 2 nitrogen and oxygen atoms in total. The molecule has 0 heterocycles. The molecule has 0 amide bonds. The summed E-state index contributed by atoms with van der Waals surface area (Å²) in [5, 5.41) is 3.31. The average Bonchev–Trinajstić information content (AvgIpc) is 2.29. The molecule has 1 rings (SSSR count). The van der Waals surface area contributed by atoms with Crippen molar-refractivity contribution in [3.8, 4) is 0 Å². The van der Waals surface area contributed by atoms with E-state index in [9.17, 15) is 0 Å². The minimum Gasteiger partial charge on any atom is -0.380 e. The molecule has 0 spiro atoms. The molecule has 82 valence electrons. The first-order valence-electron chi connectivity index (χ1n) is 5.20. The number of benzene rings is 1. The van der Waals surface area contributed by atoms with E-state index >= 15 is 0 Å². The van der Waals surface area contributed by atoms with Crippen LogP contribution < -0.4 is 5.32 Å². The summed E-state index contributed by atoms with van der Waals surface area (Å²) in [7, 11) is 1.72. The lowest BCUT2D eigenvalue weighted by atomic mass is 10.1. The zero-order valence-corrected chi connectivity index (χ0v) is 9.49.